The van der Waals surface area contributed by atoms with E-state index in [4.69, 9.17) is 4.74 Å². The first-order chi connectivity index (χ1) is 8.61. The Balaban J connectivity index is 1.79. The third kappa shape index (κ3) is 3.71. The van der Waals surface area contributed by atoms with Crippen LogP contribution in [-0.2, 0) is 15.5 Å². The molecule has 6 heteroatoms. The molecule has 104 valence electrons. The van der Waals surface area contributed by atoms with Crippen LogP contribution in [0.5, 0.6) is 0 Å². The molecule has 18 heavy (non-hydrogen) atoms. The zero-order valence-corrected chi connectivity index (χ0v) is 12.7. The highest BCUT2D eigenvalue weighted by molar-refractivity contribution is 8.14. The van der Waals surface area contributed by atoms with Crippen LogP contribution in [0.4, 0.5) is 0 Å². The van der Waals surface area contributed by atoms with Crippen molar-refractivity contribution in [2.45, 2.75) is 37.0 Å². The van der Waals surface area contributed by atoms with Gasteiger partial charge in [0, 0.05) is 47.8 Å². The van der Waals surface area contributed by atoms with Crippen molar-refractivity contribution in [1.82, 2.24) is 5.32 Å². The van der Waals surface area contributed by atoms with E-state index in [1.54, 1.807) is 6.26 Å². The molecule has 1 spiro atoms. The van der Waals surface area contributed by atoms with Gasteiger partial charge in [-0.2, -0.15) is 0 Å². The molecular formula is C12H22N2O2S2. The van der Waals surface area contributed by atoms with E-state index in [-0.39, 0.29) is 10.8 Å². The van der Waals surface area contributed by atoms with Crippen LogP contribution in [0.2, 0.25) is 0 Å². The number of nitrogens with zero attached hydrogens (tertiary/aromatic N) is 1. The first-order valence-electron chi connectivity index (χ1n) is 6.47. The van der Waals surface area contributed by atoms with Crippen LogP contribution < -0.4 is 5.32 Å². The third-order valence-corrected chi connectivity index (χ3v) is 6.24. The molecule has 0 bridgehead atoms. The molecule has 2 atom stereocenters. The van der Waals surface area contributed by atoms with Gasteiger partial charge in [0.1, 0.15) is 0 Å². The normalized spacial score (nSPS) is 28.2. The van der Waals surface area contributed by atoms with Gasteiger partial charge in [0.15, 0.2) is 5.17 Å². The lowest BCUT2D eigenvalue weighted by Gasteiger charge is -2.32. The molecule has 2 aliphatic rings. The maximum atomic E-state index is 11.2. The molecule has 2 aliphatic heterocycles. The summed E-state index contributed by atoms with van der Waals surface area (Å²) in [5, 5.41) is 4.86. The van der Waals surface area contributed by atoms with Crippen LogP contribution in [0.1, 0.15) is 26.2 Å². The number of amidine groups is 1. The molecule has 2 rings (SSSR count). The number of hydrogen-bond acceptors (Lipinski definition) is 4. The highest BCUT2D eigenvalue weighted by Crippen LogP contribution is 2.31. The van der Waals surface area contributed by atoms with E-state index in [9.17, 15) is 4.21 Å². The number of aliphatic imine (C=N–C) groups is 1. The Labute approximate surface area is 116 Å². The predicted molar refractivity (Wildman–Crippen MR) is 78.8 cm³/mol. The van der Waals surface area contributed by atoms with Crippen LogP contribution >= 0.6 is 11.8 Å². The number of hydrogen-bond donors (Lipinski definition) is 1. The minimum Gasteiger partial charge on any atom is -0.381 e. The Morgan fingerprint density at radius 1 is 1.56 bits per heavy atom. The summed E-state index contributed by atoms with van der Waals surface area (Å²) >= 11 is 1.82. The molecule has 0 aliphatic carbocycles. The second-order valence-electron chi connectivity index (χ2n) is 5.09. The molecular weight excluding hydrogens is 268 g/mol. The molecule has 2 saturated heterocycles. The topological polar surface area (TPSA) is 50.7 Å². The second kappa shape index (κ2) is 6.39. The molecule has 2 fully saturated rings. The fourth-order valence-electron chi connectivity index (χ4n) is 2.14. The first kappa shape index (κ1) is 14.3. The number of thioether (sulfide) groups is 1. The van der Waals surface area contributed by atoms with Gasteiger partial charge in [-0.15, -0.1) is 0 Å². The van der Waals surface area contributed by atoms with Gasteiger partial charge < -0.3 is 10.1 Å². The van der Waals surface area contributed by atoms with Crippen molar-refractivity contribution in [2.75, 3.05) is 31.8 Å². The summed E-state index contributed by atoms with van der Waals surface area (Å²) in [6.45, 7) is 4.49. The lowest BCUT2D eigenvalue weighted by Crippen LogP contribution is -2.48. The summed E-state index contributed by atoms with van der Waals surface area (Å²) in [4.78, 5) is 4.59. The number of ether oxygens (including phenoxy) is 1. The van der Waals surface area contributed by atoms with Gasteiger partial charge in [0.2, 0.25) is 0 Å². The van der Waals surface area contributed by atoms with Crippen molar-refractivity contribution in [3.05, 3.63) is 0 Å². The highest BCUT2D eigenvalue weighted by Gasteiger charge is 2.38. The second-order valence-corrected chi connectivity index (χ2v) is 7.86. The smallest absolute Gasteiger partial charge is 0.157 e. The van der Waals surface area contributed by atoms with Gasteiger partial charge in [-0.1, -0.05) is 18.7 Å². The van der Waals surface area contributed by atoms with E-state index in [1.165, 1.54) is 0 Å². The Bertz CT molecular complexity index is 341. The van der Waals surface area contributed by atoms with Crippen molar-refractivity contribution >= 4 is 27.7 Å². The Hall–Kier alpha value is -0.0700. The molecule has 0 aromatic rings. The molecule has 4 nitrogen and oxygen atoms in total. The minimum absolute atomic E-state index is 0.223. The minimum atomic E-state index is -0.737. The highest BCUT2D eigenvalue weighted by atomic mass is 32.2. The fraction of sp³-hybridized carbons (Fsp3) is 0.917. The van der Waals surface area contributed by atoms with Gasteiger partial charge in [-0.05, 0) is 19.3 Å². The Morgan fingerprint density at radius 2 is 2.28 bits per heavy atom. The van der Waals surface area contributed by atoms with Gasteiger partial charge >= 0.3 is 0 Å². The van der Waals surface area contributed by atoms with Crippen molar-refractivity contribution in [3.63, 3.8) is 0 Å². The molecule has 0 amide bonds. The van der Waals surface area contributed by atoms with Crippen molar-refractivity contribution in [1.29, 1.82) is 0 Å². The van der Waals surface area contributed by atoms with Crippen molar-refractivity contribution in [2.24, 2.45) is 4.99 Å². The first-order valence-corrected chi connectivity index (χ1v) is 9.07. The Kier molecular flexibility index (Phi) is 5.09. The molecule has 0 saturated carbocycles. The summed E-state index contributed by atoms with van der Waals surface area (Å²) < 4.78 is 16.6. The quantitative estimate of drug-likeness (QED) is 0.850. The van der Waals surface area contributed by atoms with Crippen LogP contribution in [0.15, 0.2) is 4.99 Å². The van der Waals surface area contributed by atoms with Crippen LogP contribution in [0.3, 0.4) is 0 Å². The zero-order chi connectivity index (χ0) is 13.0. The lowest BCUT2D eigenvalue weighted by molar-refractivity contribution is 0.0555. The zero-order valence-electron chi connectivity index (χ0n) is 11.1. The largest absolute Gasteiger partial charge is 0.381 e. The monoisotopic (exact) mass is 290 g/mol. The maximum absolute atomic E-state index is 11.2. The Morgan fingerprint density at radius 3 is 2.94 bits per heavy atom. The summed E-state index contributed by atoms with van der Waals surface area (Å²) in [5.74, 6) is 1.10. The van der Waals surface area contributed by atoms with E-state index in [0.29, 0.717) is 0 Å². The average Bonchev–Trinajstić information content (AvgIpc) is 2.73. The molecule has 0 radical (unpaired) electrons. The summed E-state index contributed by atoms with van der Waals surface area (Å²) in [5.41, 5.74) is 0.223. The summed E-state index contributed by atoms with van der Waals surface area (Å²) in [6, 6.07) is 0. The number of nitrogens with one attached hydrogen (secondary N) is 1. The summed E-state index contributed by atoms with van der Waals surface area (Å²) in [7, 11) is -0.737. The maximum Gasteiger partial charge on any atom is 0.157 e. The van der Waals surface area contributed by atoms with Crippen molar-refractivity contribution < 1.29 is 8.95 Å². The van der Waals surface area contributed by atoms with E-state index in [0.717, 1.165) is 49.9 Å². The van der Waals surface area contributed by atoms with Crippen LogP contribution in [-0.4, -0.2) is 51.9 Å². The van der Waals surface area contributed by atoms with Gasteiger partial charge in [0.25, 0.3) is 0 Å². The number of rotatable bonds is 4. The van der Waals surface area contributed by atoms with Gasteiger partial charge in [0.05, 0.1) is 5.54 Å². The lowest BCUT2D eigenvalue weighted by atomic mass is 9.93. The van der Waals surface area contributed by atoms with E-state index in [1.807, 2.05) is 18.7 Å². The van der Waals surface area contributed by atoms with Crippen LogP contribution in [0.25, 0.3) is 0 Å². The van der Waals surface area contributed by atoms with Gasteiger partial charge in [-0.25, -0.2) is 0 Å². The van der Waals surface area contributed by atoms with Crippen LogP contribution in [0, 0.1) is 0 Å². The standard InChI is InChI=1S/C12H22N2O2S2/c1-10(18(2)15)3-6-13-11-14-12(9-17-11)4-7-16-8-5-12/h10H,3-9H2,1-2H3,(H,13,14). The van der Waals surface area contributed by atoms with E-state index in [2.05, 4.69) is 10.3 Å². The fourth-order valence-corrected chi connectivity index (χ4v) is 3.82. The molecule has 1 N–H and O–H groups in total. The average molecular weight is 290 g/mol. The summed E-state index contributed by atoms with van der Waals surface area (Å²) in [6.07, 6.45) is 4.81. The molecule has 0 aromatic carbocycles. The van der Waals surface area contributed by atoms with E-state index < -0.39 is 10.8 Å². The molecule has 0 aromatic heterocycles. The predicted octanol–water partition coefficient (Wildman–Crippen LogP) is 1.39. The molecule has 2 unspecified atom stereocenters. The molecule has 2 heterocycles. The third-order valence-electron chi connectivity index (χ3n) is 3.66. The van der Waals surface area contributed by atoms with E-state index >= 15 is 0 Å². The van der Waals surface area contributed by atoms with Crippen molar-refractivity contribution in [3.8, 4) is 0 Å². The SMILES string of the molecule is CC(CCN=C1NC2(CCOCC2)CS1)S(C)=O. The van der Waals surface area contributed by atoms with Gasteiger partial charge in [-0.3, -0.25) is 9.20 Å².